The van der Waals surface area contributed by atoms with Gasteiger partial charge >= 0.3 is 0 Å². The van der Waals surface area contributed by atoms with E-state index in [-0.39, 0.29) is 18.2 Å². The minimum atomic E-state index is -0.461. The maximum atomic E-state index is 12.0. The van der Waals surface area contributed by atoms with Crippen molar-refractivity contribution in [3.8, 4) is 11.5 Å². The lowest BCUT2D eigenvalue weighted by atomic mass is 10.2. The van der Waals surface area contributed by atoms with E-state index in [0.29, 0.717) is 22.9 Å². The number of hydrogen-bond acceptors (Lipinski definition) is 6. The van der Waals surface area contributed by atoms with Gasteiger partial charge in [0.25, 0.3) is 11.6 Å². The summed E-state index contributed by atoms with van der Waals surface area (Å²) in [7, 11) is 1.50. The molecule has 0 atom stereocenters. The number of nitro groups is 1. The highest BCUT2D eigenvalue weighted by molar-refractivity contribution is 5.91. The standard InChI is InChI=1S/C22H19N3O5/c1-29-21-13-16(14-23-17-8-10-19(11-9-17)25(27)28)7-12-20(21)30-15-22(26)24-18-5-3-2-4-6-18/h2-14H,15H2,1H3,(H,24,26). The van der Waals surface area contributed by atoms with Crippen molar-refractivity contribution in [3.63, 3.8) is 0 Å². The van der Waals surface area contributed by atoms with E-state index in [1.54, 1.807) is 48.7 Å². The van der Waals surface area contributed by atoms with E-state index >= 15 is 0 Å². The van der Waals surface area contributed by atoms with Crippen LogP contribution in [0.5, 0.6) is 11.5 Å². The Kier molecular flexibility index (Phi) is 6.73. The second kappa shape index (κ2) is 9.83. The molecule has 8 nitrogen and oxygen atoms in total. The molecule has 0 saturated carbocycles. The van der Waals surface area contributed by atoms with E-state index in [1.807, 2.05) is 18.2 Å². The summed E-state index contributed by atoms with van der Waals surface area (Å²) >= 11 is 0. The fourth-order valence-corrected chi connectivity index (χ4v) is 2.56. The molecule has 0 fully saturated rings. The van der Waals surface area contributed by atoms with Gasteiger partial charge in [-0.3, -0.25) is 19.9 Å². The number of carbonyl (C=O) groups excluding carboxylic acids is 1. The number of methoxy groups -OCH3 is 1. The van der Waals surface area contributed by atoms with Crippen LogP contribution in [0.3, 0.4) is 0 Å². The number of amides is 1. The van der Waals surface area contributed by atoms with E-state index in [2.05, 4.69) is 10.3 Å². The summed E-state index contributed by atoms with van der Waals surface area (Å²) in [6.45, 7) is -0.165. The summed E-state index contributed by atoms with van der Waals surface area (Å²) in [6, 6.07) is 20.2. The first-order valence-corrected chi connectivity index (χ1v) is 8.99. The molecule has 0 bridgehead atoms. The molecular formula is C22H19N3O5. The van der Waals surface area contributed by atoms with Crippen LogP contribution in [-0.2, 0) is 4.79 Å². The van der Waals surface area contributed by atoms with Crippen molar-refractivity contribution >= 4 is 29.2 Å². The van der Waals surface area contributed by atoms with E-state index in [1.165, 1.54) is 19.2 Å². The molecule has 0 heterocycles. The van der Waals surface area contributed by atoms with E-state index < -0.39 is 4.92 Å². The fourth-order valence-electron chi connectivity index (χ4n) is 2.56. The number of carbonyl (C=O) groups is 1. The zero-order valence-corrected chi connectivity index (χ0v) is 16.1. The molecule has 3 rings (SSSR count). The van der Waals surface area contributed by atoms with E-state index in [4.69, 9.17) is 9.47 Å². The van der Waals surface area contributed by atoms with Crippen molar-refractivity contribution < 1.29 is 19.2 Å². The lowest BCUT2D eigenvalue weighted by Gasteiger charge is -2.11. The number of non-ortho nitro benzene ring substituents is 1. The van der Waals surface area contributed by atoms with Crippen LogP contribution in [0.1, 0.15) is 5.56 Å². The first-order chi connectivity index (χ1) is 14.5. The number of para-hydroxylation sites is 1. The predicted molar refractivity (Wildman–Crippen MR) is 114 cm³/mol. The molecule has 0 aromatic heterocycles. The number of nitro benzene ring substituents is 1. The van der Waals surface area contributed by atoms with E-state index in [0.717, 1.165) is 5.56 Å². The highest BCUT2D eigenvalue weighted by Crippen LogP contribution is 2.28. The number of rotatable bonds is 8. The zero-order valence-electron chi connectivity index (χ0n) is 16.1. The predicted octanol–water partition coefficient (Wildman–Crippen LogP) is 4.37. The monoisotopic (exact) mass is 405 g/mol. The van der Waals surface area contributed by atoms with Gasteiger partial charge in [0.1, 0.15) is 0 Å². The van der Waals surface area contributed by atoms with Crippen LogP contribution in [0.15, 0.2) is 77.8 Å². The first-order valence-electron chi connectivity index (χ1n) is 8.99. The van der Waals surface area contributed by atoms with Gasteiger partial charge in [-0.25, -0.2) is 0 Å². The maximum absolute atomic E-state index is 12.0. The Morgan fingerprint density at radius 3 is 2.47 bits per heavy atom. The molecule has 30 heavy (non-hydrogen) atoms. The summed E-state index contributed by atoms with van der Waals surface area (Å²) in [5.74, 6) is 0.593. The lowest BCUT2D eigenvalue weighted by molar-refractivity contribution is -0.384. The number of nitrogens with zero attached hydrogens (tertiary/aromatic N) is 2. The van der Waals surface area contributed by atoms with Gasteiger partial charge in [0.2, 0.25) is 0 Å². The molecule has 0 radical (unpaired) electrons. The number of benzene rings is 3. The highest BCUT2D eigenvalue weighted by atomic mass is 16.6. The van der Waals surface area contributed by atoms with Crippen LogP contribution in [0.25, 0.3) is 0 Å². The zero-order chi connectivity index (χ0) is 21.3. The average Bonchev–Trinajstić information content (AvgIpc) is 2.77. The van der Waals surface area contributed by atoms with Gasteiger partial charge in [-0.05, 0) is 48.0 Å². The molecule has 8 heteroatoms. The van der Waals surface area contributed by atoms with Gasteiger partial charge in [0.05, 0.1) is 17.7 Å². The SMILES string of the molecule is COc1cc(C=Nc2ccc([N+](=O)[O-])cc2)ccc1OCC(=O)Nc1ccccc1. The van der Waals surface area contributed by atoms with Crippen molar-refractivity contribution in [2.45, 2.75) is 0 Å². The first kappa shape index (κ1) is 20.5. The third-order valence-electron chi connectivity index (χ3n) is 4.03. The normalized spacial score (nSPS) is 10.6. The molecule has 3 aromatic rings. The third kappa shape index (κ3) is 5.65. The minimum Gasteiger partial charge on any atom is -0.493 e. The van der Waals surface area contributed by atoms with E-state index in [9.17, 15) is 14.9 Å². The van der Waals surface area contributed by atoms with Gasteiger partial charge in [-0.2, -0.15) is 0 Å². The molecule has 0 aliphatic heterocycles. The molecule has 0 aliphatic rings. The summed E-state index contributed by atoms with van der Waals surface area (Å²) < 4.78 is 10.9. The minimum absolute atomic E-state index is 0.00780. The van der Waals surface area contributed by atoms with Crippen LogP contribution in [0.2, 0.25) is 0 Å². The summed E-state index contributed by atoms with van der Waals surface area (Å²) in [5, 5.41) is 13.4. The second-order valence-electron chi connectivity index (χ2n) is 6.14. The number of hydrogen-bond donors (Lipinski definition) is 1. The van der Waals surface area contributed by atoms with Gasteiger partial charge in [-0.1, -0.05) is 18.2 Å². The number of nitrogens with one attached hydrogen (secondary N) is 1. The molecule has 0 unspecified atom stereocenters. The molecule has 3 aromatic carbocycles. The second-order valence-corrected chi connectivity index (χ2v) is 6.14. The quantitative estimate of drug-likeness (QED) is 0.340. The molecule has 152 valence electrons. The lowest BCUT2D eigenvalue weighted by Crippen LogP contribution is -2.20. The van der Waals surface area contributed by atoms with Crippen molar-refractivity contribution in [2.75, 3.05) is 19.0 Å². The Bertz CT molecular complexity index is 1050. The number of ether oxygens (including phenoxy) is 2. The van der Waals surface area contributed by atoms with Gasteiger partial charge in [-0.15, -0.1) is 0 Å². The fraction of sp³-hybridized carbons (Fsp3) is 0.0909. The van der Waals surface area contributed by atoms with Crippen LogP contribution < -0.4 is 14.8 Å². The van der Waals surface area contributed by atoms with Crippen molar-refractivity contribution in [3.05, 3.63) is 88.5 Å². The average molecular weight is 405 g/mol. The Hall–Kier alpha value is -4.20. The topological polar surface area (TPSA) is 103 Å². The summed E-state index contributed by atoms with van der Waals surface area (Å²) in [4.78, 5) is 26.6. The molecule has 1 N–H and O–H groups in total. The van der Waals surface area contributed by atoms with Gasteiger partial charge in [0.15, 0.2) is 18.1 Å². The van der Waals surface area contributed by atoms with Crippen molar-refractivity contribution in [1.29, 1.82) is 0 Å². The Labute approximate surface area is 172 Å². The summed E-state index contributed by atoms with van der Waals surface area (Å²) in [6.07, 6.45) is 1.61. The third-order valence-corrected chi connectivity index (χ3v) is 4.03. The van der Waals surface area contributed by atoms with Crippen LogP contribution in [0, 0.1) is 10.1 Å². The van der Waals surface area contributed by atoms with Gasteiger partial charge in [0, 0.05) is 24.0 Å². The Morgan fingerprint density at radius 2 is 1.80 bits per heavy atom. The summed E-state index contributed by atoms with van der Waals surface area (Å²) in [5.41, 5.74) is 2.02. The van der Waals surface area contributed by atoms with Crippen LogP contribution in [-0.4, -0.2) is 30.8 Å². The number of aliphatic imine (C=N–C) groups is 1. The van der Waals surface area contributed by atoms with Crippen LogP contribution >= 0.6 is 0 Å². The van der Waals surface area contributed by atoms with Crippen molar-refractivity contribution in [2.24, 2.45) is 4.99 Å². The van der Waals surface area contributed by atoms with Crippen molar-refractivity contribution in [1.82, 2.24) is 0 Å². The smallest absolute Gasteiger partial charge is 0.269 e. The highest BCUT2D eigenvalue weighted by Gasteiger charge is 2.09. The Balaban J connectivity index is 1.62. The molecule has 1 amide bonds. The van der Waals surface area contributed by atoms with Gasteiger partial charge < -0.3 is 14.8 Å². The molecule has 0 saturated heterocycles. The van der Waals surface area contributed by atoms with Crippen LogP contribution in [0.4, 0.5) is 17.1 Å². The largest absolute Gasteiger partial charge is 0.493 e. The number of anilines is 1. The molecular weight excluding hydrogens is 386 g/mol. The maximum Gasteiger partial charge on any atom is 0.269 e. The molecule has 0 spiro atoms. The molecule has 0 aliphatic carbocycles. The Morgan fingerprint density at radius 1 is 1.07 bits per heavy atom.